The lowest BCUT2D eigenvalue weighted by molar-refractivity contribution is 0.0999. The number of carbonyl (C=O) groups excluding carboxylic acids is 1. The van der Waals surface area contributed by atoms with Crippen LogP contribution < -0.4 is 5.73 Å². The molecule has 1 aromatic carbocycles. The molecule has 0 saturated carbocycles. The fraction of sp³-hybridized carbons (Fsp3) is 0.312. The summed E-state index contributed by atoms with van der Waals surface area (Å²) in [4.78, 5) is 11.9. The molecule has 6 nitrogen and oxygen atoms in total. The van der Waals surface area contributed by atoms with Crippen molar-refractivity contribution in [2.75, 3.05) is 0 Å². The highest BCUT2D eigenvalue weighted by Crippen LogP contribution is 2.31. The van der Waals surface area contributed by atoms with Gasteiger partial charge < -0.3 is 5.73 Å². The standard InChI is InChI=1S/C16H16FN5O/c1-21-8-10-11(17)6-9(7-12(10)19-21)15-14(16(18)23)13-4-2-3-5-22(13)20-15/h6-8H,2-5H2,1H3,(H2,18,23). The number of nitrogens with zero attached hydrogens (tertiary/aromatic N) is 4. The van der Waals surface area contributed by atoms with Crippen LogP contribution in [0.5, 0.6) is 0 Å². The topological polar surface area (TPSA) is 78.7 Å². The Labute approximate surface area is 131 Å². The largest absolute Gasteiger partial charge is 0.365 e. The number of primary amides is 1. The Balaban J connectivity index is 1.97. The summed E-state index contributed by atoms with van der Waals surface area (Å²) in [6.07, 6.45) is 4.40. The zero-order chi connectivity index (χ0) is 16.1. The summed E-state index contributed by atoms with van der Waals surface area (Å²) in [5.41, 5.74) is 8.33. The van der Waals surface area contributed by atoms with Crippen LogP contribution in [0, 0.1) is 5.82 Å². The summed E-state index contributed by atoms with van der Waals surface area (Å²) < 4.78 is 17.7. The number of amides is 1. The van der Waals surface area contributed by atoms with Crippen LogP contribution in [0.4, 0.5) is 4.39 Å². The van der Waals surface area contributed by atoms with Crippen molar-refractivity contribution in [2.45, 2.75) is 25.8 Å². The maximum atomic E-state index is 14.4. The molecule has 1 aliphatic rings. The van der Waals surface area contributed by atoms with Crippen molar-refractivity contribution in [2.24, 2.45) is 12.8 Å². The zero-order valence-electron chi connectivity index (χ0n) is 12.7. The Morgan fingerprint density at radius 1 is 1.30 bits per heavy atom. The smallest absolute Gasteiger partial charge is 0.252 e. The van der Waals surface area contributed by atoms with E-state index in [1.165, 1.54) is 6.07 Å². The van der Waals surface area contributed by atoms with E-state index in [2.05, 4.69) is 10.2 Å². The molecule has 3 aromatic rings. The number of halogens is 1. The molecule has 0 radical (unpaired) electrons. The number of nitrogens with two attached hydrogens (primary N) is 1. The van der Waals surface area contributed by atoms with Crippen LogP contribution in [0.15, 0.2) is 18.3 Å². The van der Waals surface area contributed by atoms with E-state index in [0.29, 0.717) is 27.7 Å². The van der Waals surface area contributed by atoms with Crippen molar-refractivity contribution in [3.05, 3.63) is 35.4 Å². The fourth-order valence-electron chi connectivity index (χ4n) is 3.29. The first kappa shape index (κ1) is 13.9. The van der Waals surface area contributed by atoms with Gasteiger partial charge in [0.1, 0.15) is 11.5 Å². The van der Waals surface area contributed by atoms with Crippen LogP contribution in [0.1, 0.15) is 28.9 Å². The van der Waals surface area contributed by atoms with Crippen LogP contribution in [-0.2, 0) is 20.0 Å². The van der Waals surface area contributed by atoms with Gasteiger partial charge >= 0.3 is 0 Å². The molecule has 23 heavy (non-hydrogen) atoms. The van der Waals surface area contributed by atoms with E-state index < -0.39 is 5.91 Å². The molecular formula is C16H16FN5O. The van der Waals surface area contributed by atoms with E-state index in [4.69, 9.17) is 5.73 Å². The van der Waals surface area contributed by atoms with Gasteiger partial charge in [0.15, 0.2) is 0 Å². The SMILES string of the molecule is Cn1cc2c(F)cc(-c3nn4c(c3C(N)=O)CCCC4)cc2n1. The van der Waals surface area contributed by atoms with E-state index >= 15 is 0 Å². The van der Waals surface area contributed by atoms with Gasteiger partial charge in [0.2, 0.25) is 0 Å². The highest BCUT2D eigenvalue weighted by atomic mass is 19.1. The van der Waals surface area contributed by atoms with Gasteiger partial charge in [0, 0.05) is 25.4 Å². The second kappa shape index (κ2) is 4.91. The van der Waals surface area contributed by atoms with Gasteiger partial charge in [0.05, 0.1) is 22.2 Å². The van der Waals surface area contributed by atoms with E-state index in [0.717, 1.165) is 31.5 Å². The highest BCUT2D eigenvalue weighted by Gasteiger charge is 2.25. The van der Waals surface area contributed by atoms with Crippen molar-refractivity contribution < 1.29 is 9.18 Å². The summed E-state index contributed by atoms with van der Waals surface area (Å²) >= 11 is 0. The van der Waals surface area contributed by atoms with Gasteiger partial charge in [-0.25, -0.2) is 4.39 Å². The molecule has 0 atom stereocenters. The second-order valence-electron chi connectivity index (χ2n) is 5.91. The van der Waals surface area contributed by atoms with Crippen LogP contribution in [0.3, 0.4) is 0 Å². The summed E-state index contributed by atoms with van der Waals surface area (Å²) in [6.45, 7) is 0.754. The van der Waals surface area contributed by atoms with Gasteiger partial charge in [-0.2, -0.15) is 10.2 Å². The van der Waals surface area contributed by atoms with Crippen molar-refractivity contribution in [1.82, 2.24) is 19.6 Å². The van der Waals surface area contributed by atoms with E-state index in [1.807, 2.05) is 4.68 Å². The summed E-state index contributed by atoms with van der Waals surface area (Å²) in [5.74, 6) is -0.906. The van der Waals surface area contributed by atoms with E-state index in [1.54, 1.807) is 24.0 Å². The van der Waals surface area contributed by atoms with Crippen LogP contribution in [0.25, 0.3) is 22.2 Å². The number of hydrogen-bond donors (Lipinski definition) is 1. The minimum atomic E-state index is -0.523. The first-order chi connectivity index (χ1) is 11.0. The first-order valence-electron chi connectivity index (χ1n) is 7.57. The third-order valence-corrected chi connectivity index (χ3v) is 4.30. The Morgan fingerprint density at radius 3 is 2.91 bits per heavy atom. The second-order valence-corrected chi connectivity index (χ2v) is 5.91. The number of rotatable bonds is 2. The van der Waals surface area contributed by atoms with Gasteiger partial charge in [-0.3, -0.25) is 14.2 Å². The molecule has 3 heterocycles. The Kier molecular flexibility index (Phi) is 2.97. The molecule has 2 N–H and O–H groups in total. The molecule has 1 aliphatic heterocycles. The monoisotopic (exact) mass is 313 g/mol. The lowest BCUT2D eigenvalue weighted by Crippen LogP contribution is -2.17. The van der Waals surface area contributed by atoms with Gasteiger partial charge in [0.25, 0.3) is 5.91 Å². The van der Waals surface area contributed by atoms with E-state index in [9.17, 15) is 9.18 Å². The number of carbonyl (C=O) groups is 1. The van der Waals surface area contributed by atoms with Crippen molar-refractivity contribution in [3.8, 4) is 11.3 Å². The lowest BCUT2D eigenvalue weighted by Gasteiger charge is -2.13. The van der Waals surface area contributed by atoms with Crippen molar-refractivity contribution >= 4 is 16.8 Å². The molecule has 0 spiro atoms. The number of aromatic nitrogens is 4. The first-order valence-corrected chi connectivity index (χ1v) is 7.57. The number of hydrogen-bond acceptors (Lipinski definition) is 3. The summed E-state index contributed by atoms with van der Waals surface area (Å²) in [6, 6.07) is 3.14. The van der Waals surface area contributed by atoms with Gasteiger partial charge in [-0.15, -0.1) is 0 Å². The Hall–Kier alpha value is -2.70. The molecule has 0 aliphatic carbocycles. The maximum Gasteiger partial charge on any atom is 0.252 e. The Morgan fingerprint density at radius 2 is 2.13 bits per heavy atom. The Bertz CT molecular complexity index is 940. The van der Waals surface area contributed by atoms with E-state index in [-0.39, 0.29) is 5.82 Å². The average Bonchev–Trinajstić information content (AvgIpc) is 3.07. The number of aryl methyl sites for hydroxylation is 2. The quantitative estimate of drug-likeness (QED) is 0.786. The third kappa shape index (κ3) is 2.11. The van der Waals surface area contributed by atoms with Gasteiger partial charge in [-0.05, 0) is 31.4 Å². The highest BCUT2D eigenvalue weighted by molar-refractivity contribution is 6.01. The average molecular weight is 313 g/mol. The number of benzene rings is 1. The van der Waals surface area contributed by atoms with Crippen molar-refractivity contribution in [1.29, 1.82) is 0 Å². The molecule has 0 saturated heterocycles. The number of fused-ring (bicyclic) bond motifs is 2. The van der Waals surface area contributed by atoms with Crippen LogP contribution in [0.2, 0.25) is 0 Å². The maximum absolute atomic E-state index is 14.4. The minimum Gasteiger partial charge on any atom is -0.365 e. The third-order valence-electron chi connectivity index (χ3n) is 4.30. The normalized spacial score (nSPS) is 14.2. The molecule has 7 heteroatoms. The molecule has 2 aromatic heterocycles. The molecule has 1 amide bonds. The summed E-state index contributed by atoms with van der Waals surface area (Å²) in [7, 11) is 1.74. The van der Waals surface area contributed by atoms with Crippen LogP contribution in [-0.4, -0.2) is 25.5 Å². The molecule has 4 rings (SSSR count). The fourth-order valence-corrected chi connectivity index (χ4v) is 3.29. The molecule has 0 bridgehead atoms. The molecule has 0 unspecified atom stereocenters. The molecule has 0 fully saturated rings. The zero-order valence-corrected chi connectivity index (χ0v) is 12.7. The predicted octanol–water partition coefficient (Wildman–Crippen LogP) is 2.01. The van der Waals surface area contributed by atoms with Crippen molar-refractivity contribution in [3.63, 3.8) is 0 Å². The predicted molar refractivity (Wildman–Crippen MR) is 83.3 cm³/mol. The summed E-state index contributed by atoms with van der Waals surface area (Å²) in [5, 5.41) is 9.20. The molecular weight excluding hydrogens is 297 g/mol. The molecule has 118 valence electrons. The van der Waals surface area contributed by atoms with Gasteiger partial charge in [-0.1, -0.05) is 0 Å². The van der Waals surface area contributed by atoms with Crippen LogP contribution >= 0.6 is 0 Å². The lowest BCUT2D eigenvalue weighted by atomic mass is 10.0. The minimum absolute atomic E-state index is 0.382.